The first kappa shape index (κ1) is 10.9. The van der Waals surface area contributed by atoms with Gasteiger partial charge in [0.05, 0.1) is 6.04 Å². The van der Waals surface area contributed by atoms with Crippen LogP contribution in [0.25, 0.3) is 10.4 Å². The third-order valence-corrected chi connectivity index (χ3v) is 2.72. The summed E-state index contributed by atoms with van der Waals surface area (Å²) in [6.07, 6.45) is 1.77. The normalized spacial score (nSPS) is 16.4. The van der Waals surface area contributed by atoms with E-state index in [1.807, 2.05) is 13.8 Å². The summed E-state index contributed by atoms with van der Waals surface area (Å²) in [4.78, 5) is 16.2. The zero-order valence-electron chi connectivity index (χ0n) is 8.68. The fraction of sp³-hybridized carbons (Fsp3) is 0.889. The van der Waals surface area contributed by atoms with Crippen molar-refractivity contribution in [1.82, 2.24) is 4.90 Å². The molecule has 1 amide bonds. The summed E-state index contributed by atoms with van der Waals surface area (Å²) >= 11 is 0. The monoisotopic (exact) mass is 196 g/mol. The first-order valence-electron chi connectivity index (χ1n) is 5.05. The fourth-order valence-corrected chi connectivity index (χ4v) is 1.68. The molecule has 1 aliphatic heterocycles. The molecule has 0 aliphatic carbocycles. The first-order chi connectivity index (χ1) is 6.72. The topological polar surface area (TPSA) is 69.1 Å². The van der Waals surface area contributed by atoms with Gasteiger partial charge in [0.25, 0.3) is 0 Å². The Morgan fingerprint density at radius 2 is 2.14 bits per heavy atom. The van der Waals surface area contributed by atoms with Crippen LogP contribution in [0, 0.1) is 5.92 Å². The lowest BCUT2D eigenvalue weighted by molar-refractivity contribution is -0.140. The number of carbonyl (C=O) groups excluding carboxylic acids is 1. The van der Waals surface area contributed by atoms with Gasteiger partial charge in [-0.2, -0.15) is 0 Å². The minimum absolute atomic E-state index is 0.00156. The molecule has 0 bridgehead atoms. The Bertz CT molecular complexity index is 250. The Hall–Kier alpha value is -1.22. The molecule has 1 heterocycles. The van der Waals surface area contributed by atoms with Crippen molar-refractivity contribution >= 4 is 5.91 Å². The van der Waals surface area contributed by atoms with Gasteiger partial charge < -0.3 is 4.90 Å². The van der Waals surface area contributed by atoms with Gasteiger partial charge in [-0.3, -0.25) is 4.79 Å². The zero-order chi connectivity index (χ0) is 10.6. The molecule has 1 saturated heterocycles. The van der Waals surface area contributed by atoms with Crippen LogP contribution in [0.1, 0.15) is 26.7 Å². The Labute approximate surface area is 83.7 Å². The van der Waals surface area contributed by atoms with Crippen LogP contribution in [0.5, 0.6) is 0 Å². The highest BCUT2D eigenvalue weighted by atomic mass is 16.2. The molecule has 78 valence electrons. The summed E-state index contributed by atoms with van der Waals surface area (Å²) in [6, 6.07) is -0.00156. The van der Waals surface area contributed by atoms with Crippen molar-refractivity contribution in [2.45, 2.75) is 32.7 Å². The molecule has 0 aromatic heterocycles. The largest absolute Gasteiger partial charge is 0.341 e. The average molecular weight is 196 g/mol. The van der Waals surface area contributed by atoms with Gasteiger partial charge in [-0.05, 0) is 18.4 Å². The lowest BCUT2D eigenvalue weighted by Gasteiger charge is -2.38. The van der Waals surface area contributed by atoms with Crippen molar-refractivity contribution in [2.24, 2.45) is 11.0 Å². The Kier molecular flexibility index (Phi) is 3.77. The molecule has 1 rings (SSSR count). The van der Waals surface area contributed by atoms with Crippen LogP contribution < -0.4 is 0 Å². The van der Waals surface area contributed by atoms with Crippen LogP contribution in [0.4, 0.5) is 0 Å². The molecule has 14 heavy (non-hydrogen) atoms. The van der Waals surface area contributed by atoms with Crippen molar-refractivity contribution in [3.05, 3.63) is 10.4 Å². The van der Waals surface area contributed by atoms with E-state index < -0.39 is 0 Å². The SMILES string of the molecule is CCC(CC)C(=O)N1CC(N=[N+]=[N-])C1. The molecule has 1 aliphatic rings. The molecular weight excluding hydrogens is 180 g/mol. The van der Waals surface area contributed by atoms with Gasteiger partial charge in [-0.15, -0.1) is 0 Å². The van der Waals surface area contributed by atoms with Crippen molar-refractivity contribution in [3.63, 3.8) is 0 Å². The number of rotatable bonds is 4. The summed E-state index contributed by atoms with van der Waals surface area (Å²) < 4.78 is 0. The molecule has 0 atom stereocenters. The molecule has 0 saturated carbocycles. The molecule has 0 unspecified atom stereocenters. The molecular formula is C9H16N4O. The minimum atomic E-state index is -0.00156. The number of likely N-dealkylation sites (tertiary alicyclic amines) is 1. The molecule has 0 aromatic carbocycles. The van der Waals surface area contributed by atoms with Gasteiger partial charge in [0, 0.05) is 23.9 Å². The van der Waals surface area contributed by atoms with Crippen LogP contribution in [0.3, 0.4) is 0 Å². The number of amides is 1. The molecule has 0 radical (unpaired) electrons. The van der Waals surface area contributed by atoms with Gasteiger partial charge in [0.1, 0.15) is 0 Å². The number of hydrogen-bond donors (Lipinski definition) is 0. The number of azide groups is 1. The van der Waals surface area contributed by atoms with E-state index in [9.17, 15) is 4.79 Å². The second-order valence-corrected chi connectivity index (χ2v) is 3.62. The molecule has 0 spiro atoms. The summed E-state index contributed by atoms with van der Waals surface area (Å²) in [5.41, 5.74) is 8.18. The smallest absolute Gasteiger partial charge is 0.225 e. The van der Waals surface area contributed by atoms with E-state index in [0.717, 1.165) is 12.8 Å². The van der Waals surface area contributed by atoms with Gasteiger partial charge >= 0.3 is 0 Å². The van der Waals surface area contributed by atoms with Crippen LogP contribution in [0.2, 0.25) is 0 Å². The number of nitrogens with zero attached hydrogens (tertiary/aromatic N) is 4. The van der Waals surface area contributed by atoms with Crippen molar-refractivity contribution in [2.75, 3.05) is 13.1 Å². The van der Waals surface area contributed by atoms with Gasteiger partial charge in [0.2, 0.25) is 5.91 Å². The zero-order valence-corrected chi connectivity index (χ0v) is 8.68. The average Bonchev–Trinajstić information content (AvgIpc) is 2.12. The highest BCUT2D eigenvalue weighted by Gasteiger charge is 2.32. The Morgan fingerprint density at radius 1 is 1.57 bits per heavy atom. The lowest BCUT2D eigenvalue weighted by atomic mass is 9.99. The highest BCUT2D eigenvalue weighted by Crippen LogP contribution is 2.18. The fourth-order valence-electron chi connectivity index (χ4n) is 1.68. The number of carbonyl (C=O) groups is 1. The standard InChI is InChI=1S/C9H16N4O/c1-3-7(4-2)9(14)13-5-8(6-13)11-12-10/h7-8H,3-6H2,1-2H3. The third kappa shape index (κ3) is 2.17. The van der Waals surface area contributed by atoms with Gasteiger partial charge in [0.15, 0.2) is 0 Å². The summed E-state index contributed by atoms with van der Waals surface area (Å²) in [7, 11) is 0. The molecule has 1 fully saturated rings. The first-order valence-corrected chi connectivity index (χ1v) is 5.05. The quantitative estimate of drug-likeness (QED) is 0.385. The third-order valence-electron chi connectivity index (χ3n) is 2.72. The Morgan fingerprint density at radius 3 is 2.57 bits per heavy atom. The van der Waals surface area contributed by atoms with E-state index in [1.54, 1.807) is 4.90 Å². The van der Waals surface area contributed by atoms with E-state index >= 15 is 0 Å². The number of hydrogen-bond acceptors (Lipinski definition) is 2. The van der Waals surface area contributed by atoms with E-state index in [-0.39, 0.29) is 17.9 Å². The maximum absolute atomic E-state index is 11.7. The summed E-state index contributed by atoms with van der Waals surface area (Å²) in [5.74, 6) is 0.349. The minimum Gasteiger partial charge on any atom is -0.341 e. The molecule has 5 nitrogen and oxygen atoms in total. The maximum Gasteiger partial charge on any atom is 0.225 e. The predicted octanol–water partition coefficient (Wildman–Crippen LogP) is 1.94. The molecule has 5 heteroatoms. The summed E-state index contributed by atoms with van der Waals surface area (Å²) in [5, 5.41) is 3.56. The predicted molar refractivity (Wildman–Crippen MR) is 53.6 cm³/mol. The van der Waals surface area contributed by atoms with E-state index in [0.29, 0.717) is 13.1 Å². The highest BCUT2D eigenvalue weighted by molar-refractivity contribution is 5.79. The van der Waals surface area contributed by atoms with Crippen molar-refractivity contribution < 1.29 is 4.79 Å². The lowest BCUT2D eigenvalue weighted by Crippen LogP contribution is -2.54. The van der Waals surface area contributed by atoms with Crippen molar-refractivity contribution in [1.29, 1.82) is 0 Å². The van der Waals surface area contributed by atoms with Crippen LogP contribution >= 0.6 is 0 Å². The van der Waals surface area contributed by atoms with Gasteiger partial charge in [-0.1, -0.05) is 19.0 Å². The van der Waals surface area contributed by atoms with Crippen molar-refractivity contribution in [3.8, 4) is 0 Å². The summed E-state index contributed by atoms with van der Waals surface area (Å²) in [6.45, 7) is 5.24. The van der Waals surface area contributed by atoms with Crippen LogP contribution in [-0.4, -0.2) is 29.9 Å². The van der Waals surface area contributed by atoms with E-state index in [1.165, 1.54) is 0 Å². The van der Waals surface area contributed by atoms with E-state index in [4.69, 9.17) is 5.53 Å². The van der Waals surface area contributed by atoms with Crippen LogP contribution in [-0.2, 0) is 4.79 Å². The Balaban J connectivity index is 2.38. The molecule has 0 N–H and O–H groups in total. The molecule has 0 aromatic rings. The van der Waals surface area contributed by atoms with Gasteiger partial charge in [-0.25, -0.2) is 0 Å². The maximum atomic E-state index is 11.7. The second-order valence-electron chi connectivity index (χ2n) is 3.62. The second kappa shape index (κ2) is 4.86. The van der Waals surface area contributed by atoms with Crippen LogP contribution in [0.15, 0.2) is 5.11 Å². The van der Waals surface area contributed by atoms with E-state index in [2.05, 4.69) is 10.0 Å².